The number of carbonyl (C=O) groups excluding carboxylic acids is 3. The number of anilines is 3. The van der Waals surface area contributed by atoms with Gasteiger partial charge < -0.3 is 15.5 Å². The summed E-state index contributed by atoms with van der Waals surface area (Å²) in [4.78, 5) is 37.8. The van der Waals surface area contributed by atoms with Crippen LogP contribution in [0.15, 0.2) is 48.5 Å². The van der Waals surface area contributed by atoms with Crippen molar-refractivity contribution in [3.05, 3.63) is 54.1 Å². The number of amides is 2. The molecule has 1 atom stereocenters. The number of carbonyl (C=O) groups is 3. The Bertz CT molecular complexity index is 846. The predicted molar refractivity (Wildman–Crippen MR) is 102 cm³/mol. The molecule has 2 aromatic rings. The second-order valence-corrected chi connectivity index (χ2v) is 6.37. The Kier molecular flexibility index (Phi) is 5.02. The summed E-state index contributed by atoms with van der Waals surface area (Å²) >= 11 is 0. The van der Waals surface area contributed by atoms with Gasteiger partial charge in [0.15, 0.2) is 5.78 Å². The predicted octanol–water partition coefficient (Wildman–Crippen LogP) is 3.07. The highest BCUT2D eigenvalue weighted by molar-refractivity contribution is 6.05. The molecule has 26 heavy (non-hydrogen) atoms. The summed E-state index contributed by atoms with van der Waals surface area (Å²) in [6.07, 6.45) is 0.244. The summed E-state index contributed by atoms with van der Waals surface area (Å²) in [5.41, 5.74) is 2.72. The molecule has 1 aliphatic rings. The van der Waals surface area contributed by atoms with Crippen molar-refractivity contribution < 1.29 is 14.4 Å². The van der Waals surface area contributed by atoms with Crippen LogP contribution in [0.2, 0.25) is 0 Å². The fourth-order valence-electron chi connectivity index (χ4n) is 3.05. The van der Waals surface area contributed by atoms with Crippen LogP contribution in [0.5, 0.6) is 0 Å². The largest absolute Gasteiger partial charge is 0.376 e. The van der Waals surface area contributed by atoms with Crippen molar-refractivity contribution in [2.75, 3.05) is 22.1 Å². The van der Waals surface area contributed by atoms with Crippen LogP contribution in [0, 0.1) is 0 Å². The van der Waals surface area contributed by atoms with E-state index in [1.807, 2.05) is 25.1 Å². The van der Waals surface area contributed by atoms with E-state index in [-0.39, 0.29) is 36.6 Å². The van der Waals surface area contributed by atoms with Crippen molar-refractivity contribution in [1.29, 1.82) is 0 Å². The van der Waals surface area contributed by atoms with Crippen molar-refractivity contribution in [3.63, 3.8) is 0 Å². The standard InChI is InChI=1S/C20H21N3O3/c1-13-11-19(25)22-17-5-3-4-6-18(17)23(13)20(26)12-21-16-9-7-15(8-10-16)14(2)24/h3-10,13,21H,11-12H2,1-2H3,(H,22,25)/t13-/m0/s1. The van der Waals surface area contributed by atoms with Gasteiger partial charge in [-0.2, -0.15) is 0 Å². The highest BCUT2D eigenvalue weighted by Gasteiger charge is 2.29. The van der Waals surface area contributed by atoms with Gasteiger partial charge in [0.2, 0.25) is 11.8 Å². The number of fused-ring (bicyclic) bond motifs is 1. The van der Waals surface area contributed by atoms with Gasteiger partial charge in [-0.15, -0.1) is 0 Å². The van der Waals surface area contributed by atoms with Gasteiger partial charge in [-0.25, -0.2) is 0 Å². The monoisotopic (exact) mass is 351 g/mol. The van der Waals surface area contributed by atoms with Gasteiger partial charge in [-0.05, 0) is 50.2 Å². The Labute approximate surface area is 152 Å². The Morgan fingerprint density at radius 3 is 2.54 bits per heavy atom. The first-order chi connectivity index (χ1) is 12.5. The fourth-order valence-corrected chi connectivity index (χ4v) is 3.05. The lowest BCUT2D eigenvalue weighted by atomic mass is 10.1. The van der Waals surface area contributed by atoms with E-state index in [9.17, 15) is 14.4 Å². The molecule has 6 heteroatoms. The number of Topliss-reactive ketones (excluding diaryl/α,β-unsaturated/α-hetero) is 1. The Hall–Kier alpha value is -3.15. The molecule has 1 aliphatic heterocycles. The molecule has 0 unspecified atom stereocenters. The number of benzene rings is 2. The zero-order valence-corrected chi connectivity index (χ0v) is 14.8. The first-order valence-electron chi connectivity index (χ1n) is 8.51. The Morgan fingerprint density at radius 1 is 1.15 bits per heavy atom. The molecule has 1 heterocycles. The third kappa shape index (κ3) is 3.74. The third-order valence-electron chi connectivity index (χ3n) is 4.36. The molecule has 2 aromatic carbocycles. The second kappa shape index (κ2) is 7.39. The van der Waals surface area contributed by atoms with E-state index in [0.717, 1.165) is 5.69 Å². The highest BCUT2D eigenvalue weighted by Crippen LogP contribution is 2.31. The van der Waals surface area contributed by atoms with E-state index in [2.05, 4.69) is 10.6 Å². The lowest BCUT2D eigenvalue weighted by Gasteiger charge is -2.28. The van der Waals surface area contributed by atoms with Crippen molar-refractivity contribution >= 4 is 34.7 Å². The van der Waals surface area contributed by atoms with Crippen LogP contribution in [0.1, 0.15) is 30.6 Å². The molecule has 134 valence electrons. The van der Waals surface area contributed by atoms with Gasteiger partial charge in [0, 0.05) is 23.7 Å². The van der Waals surface area contributed by atoms with Crippen LogP contribution in [0.3, 0.4) is 0 Å². The molecule has 0 bridgehead atoms. The normalized spacial score (nSPS) is 16.3. The van der Waals surface area contributed by atoms with Crippen LogP contribution in [0.4, 0.5) is 17.1 Å². The van der Waals surface area contributed by atoms with Crippen molar-refractivity contribution in [2.45, 2.75) is 26.3 Å². The van der Waals surface area contributed by atoms with E-state index in [1.165, 1.54) is 6.92 Å². The maximum absolute atomic E-state index is 12.8. The lowest BCUT2D eigenvalue weighted by Crippen LogP contribution is -2.42. The van der Waals surface area contributed by atoms with Gasteiger partial charge >= 0.3 is 0 Å². The average Bonchev–Trinajstić information content (AvgIpc) is 2.74. The number of ketones is 1. The van der Waals surface area contributed by atoms with Gasteiger partial charge in [-0.1, -0.05) is 12.1 Å². The zero-order valence-electron chi connectivity index (χ0n) is 14.8. The van der Waals surface area contributed by atoms with Crippen molar-refractivity contribution in [2.24, 2.45) is 0 Å². The molecule has 0 aromatic heterocycles. The average molecular weight is 351 g/mol. The molecule has 0 radical (unpaired) electrons. The smallest absolute Gasteiger partial charge is 0.246 e. The molecule has 0 saturated carbocycles. The second-order valence-electron chi connectivity index (χ2n) is 6.37. The third-order valence-corrected chi connectivity index (χ3v) is 4.36. The summed E-state index contributed by atoms with van der Waals surface area (Å²) in [5, 5.41) is 5.93. The molecule has 0 fully saturated rings. The molecule has 6 nitrogen and oxygen atoms in total. The summed E-state index contributed by atoms with van der Waals surface area (Å²) in [5.74, 6) is -0.232. The molecule has 3 rings (SSSR count). The minimum Gasteiger partial charge on any atom is -0.376 e. The molecule has 2 N–H and O–H groups in total. The summed E-state index contributed by atoms with van der Waals surface area (Å²) in [7, 11) is 0. The number of hydrogen-bond acceptors (Lipinski definition) is 4. The summed E-state index contributed by atoms with van der Waals surface area (Å²) in [6, 6.07) is 14.0. The lowest BCUT2D eigenvalue weighted by molar-refractivity contribution is -0.118. The maximum atomic E-state index is 12.8. The van der Waals surface area contributed by atoms with E-state index >= 15 is 0 Å². The number of hydrogen-bond donors (Lipinski definition) is 2. The molecular formula is C20H21N3O3. The van der Waals surface area contributed by atoms with Crippen LogP contribution < -0.4 is 15.5 Å². The molecule has 0 saturated heterocycles. The number of para-hydroxylation sites is 2. The highest BCUT2D eigenvalue weighted by atomic mass is 16.2. The minimum absolute atomic E-state index is 0.000193. The molecule has 0 aliphatic carbocycles. The molecular weight excluding hydrogens is 330 g/mol. The Balaban J connectivity index is 1.76. The topological polar surface area (TPSA) is 78.5 Å². The van der Waals surface area contributed by atoms with Crippen LogP contribution in [-0.4, -0.2) is 30.2 Å². The van der Waals surface area contributed by atoms with Crippen molar-refractivity contribution in [3.8, 4) is 0 Å². The fraction of sp³-hybridized carbons (Fsp3) is 0.250. The van der Waals surface area contributed by atoms with E-state index in [1.54, 1.807) is 35.2 Å². The first kappa shape index (κ1) is 17.7. The van der Waals surface area contributed by atoms with Gasteiger partial charge in [0.25, 0.3) is 0 Å². The van der Waals surface area contributed by atoms with E-state index in [0.29, 0.717) is 16.9 Å². The first-order valence-corrected chi connectivity index (χ1v) is 8.51. The number of nitrogens with one attached hydrogen (secondary N) is 2. The maximum Gasteiger partial charge on any atom is 0.246 e. The molecule has 0 spiro atoms. The van der Waals surface area contributed by atoms with Gasteiger partial charge in [-0.3, -0.25) is 14.4 Å². The van der Waals surface area contributed by atoms with Gasteiger partial charge in [0.05, 0.1) is 17.9 Å². The Morgan fingerprint density at radius 2 is 1.85 bits per heavy atom. The van der Waals surface area contributed by atoms with Crippen LogP contribution in [-0.2, 0) is 9.59 Å². The van der Waals surface area contributed by atoms with E-state index < -0.39 is 0 Å². The zero-order chi connectivity index (χ0) is 18.7. The molecule has 2 amide bonds. The van der Waals surface area contributed by atoms with E-state index in [4.69, 9.17) is 0 Å². The quantitative estimate of drug-likeness (QED) is 0.830. The minimum atomic E-state index is -0.243. The van der Waals surface area contributed by atoms with Crippen LogP contribution in [0.25, 0.3) is 0 Å². The van der Waals surface area contributed by atoms with Gasteiger partial charge in [0.1, 0.15) is 0 Å². The number of nitrogens with zero attached hydrogens (tertiary/aromatic N) is 1. The van der Waals surface area contributed by atoms with Crippen molar-refractivity contribution in [1.82, 2.24) is 0 Å². The summed E-state index contributed by atoms with van der Waals surface area (Å²) < 4.78 is 0. The summed E-state index contributed by atoms with van der Waals surface area (Å²) in [6.45, 7) is 3.47. The SMILES string of the molecule is CC(=O)c1ccc(NCC(=O)N2c3ccccc3NC(=O)C[C@@H]2C)cc1. The number of rotatable bonds is 4. The van der Waals surface area contributed by atoms with Crippen LogP contribution >= 0.6 is 0 Å².